The maximum Gasteiger partial charge on any atom is 0.272 e. The van der Waals surface area contributed by atoms with Crippen molar-refractivity contribution in [2.75, 3.05) is 32.9 Å². The van der Waals surface area contributed by atoms with Crippen molar-refractivity contribution in [3.63, 3.8) is 0 Å². The molecule has 1 aromatic carbocycles. The van der Waals surface area contributed by atoms with Crippen molar-refractivity contribution >= 4 is 11.9 Å². The fourth-order valence-corrected chi connectivity index (χ4v) is 3.48. The van der Waals surface area contributed by atoms with Crippen molar-refractivity contribution < 1.29 is 4.79 Å². The summed E-state index contributed by atoms with van der Waals surface area (Å²) < 4.78 is 0. The molecule has 2 N–H and O–H groups in total. The molecule has 1 fully saturated rings. The zero-order valence-corrected chi connectivity index (χ0v) is 15.2. The van der Waals surface area contributed by atoms with Crippen LogP contribution in [0, 0.1) is 13.8 Å². The van der Waals surface area contributed by atoms with Crippen LogP contribution in [0.15, 0.2) is 30.3 Å². The first-order valence-corrected chi connectivity index (χ1v) is 8.48. The average molecular weight is 339 g/mol. The summed E-state index contributed by atoms with van der Waals surface area (Å²) in [6.45, 7) is 5.25. The van der Waals surface area contributed by atoms with Crippen LogP contribution in [0.3, 0.4) is 0 Å². The van der Waals surface area contributed by atoms with Crippen LogP contribution in [0.1, 0.15) is 33.2 Å². The minimum atomic E-state index is -0.0846. The zero-order valence-electron chi connectivity index (χ0n) is 15.2. The van der Waals surface area contributed by atoms with Gasteiger partial charge < -0.3 is 15.5 Å². The summed E-state index contributed by atoms with van der Waals surface area (Å²) >= 11 is 0. The molecule has 0 aliphatic carbocycles. The third kappa shape index (κ3) is 3.64. The highest BCUT2D eigenvalue weighted by molar-refractivity contribution is 5.93. The summed E-state index contributed by atoms with van der Waals surface area (Å²) in [5, 5.41) is 0. The molecule has 1 amide bonds. The molecule has 2 heterocycles. The van der Waals surface area contributed by atoms with Gasteiger partial charge in [0, 0.05) is 30.7 Å². The van der Waals surface area contributed by atoms with Gasteiger partial charge in [0.1, 0.15) is 5.69 Å². The Balaban J connectivity index is 1.86. The number of hydrogen-bond acceptors (Lipinski definition) is 5. The number of aromatic nitrogens is 2. The third-order valence-corrected chi connectivity index (χ3v) is 4.84. The van der Waals surface area contributed by atoms with Gasteiger partial charge in [0.2, 0.25) is 5.95 Å². The van der Waals surface area contributed by atoms with Crippen LogP contribution in [-0.2, 0) is 0 Å². The summed E-state index contributed by atoms with van der Waals surface area (Å²) in [6, 6.07) is 10.5. The normalized spacial score (nSPS) is 20.3. The molecule has 1 aromatic heterocycles. The summed E-state index contributed by atoms with van der Waals surface area (Å²) in [6.07, 6.45) is 0. The standard InChI is InChI=1S/C19H25N5O/c1-12-5-7-14(8-6-12)15-10-24(11-17(15)23(3)4)18(25)16-9-13(2)21-19(20)22-16/h5-9,15,17H,10-11H2,1-4H3,(H2,20,21,22)/t15-,17+/m0/s1. The number of likely N-dealkylation sites (N-methyl/N-ethyl adjacent to an activating group) is 1. The van der Waals surface area contributed by atoms with Crippen LogP contribution in [0.4, 0.5) is 5.95 Å². The number of nitrogens with zero attached hydrogens (tertiary/aromatic N) is 4. The van der Waals surface area contributed by atoms with E-state index in [9.17, 15) is 4.79 Å². The second-order valence-electron chi connectivity index (χ2n) is 7.01. The van der Waals surface area contributed by atoms with E-state index in [1.165, 1.54) is 11.1 Å². The summed E-state index contributed by atoms with van der Waals surface area (Å²) in [5.74, 6) is 0.334. The fourth-order valence-electron chi connectivity index (χ4n) is 3.48. The molecule has 0 unspecified atom stereocenters. The Morgan fingerprint density at radius 3 is 2.44 bits per heavy atom. The molecule has 0 spiro atoms. The molecule has 1 aliphatic heterocycles. The van der Waals surface area contributed by atoms with E-state index >= 15 is 0 Å². The second-order valence-corrected chi connectivity index (χ2v) is 7.01. The predicted octanol–water partition coefficient (Wildman–Crippen LogP) is 1.85. The number of likely N-dealkylation sites (tertiary alicyclic amines) is 1. The minimum Gasteiger partial charge on any atom is -0.368 e. The van der Waals surface area contributed by atoms with E-state index in [-0.39, 0.29) is 23.8 Å². The van der Waals surface area contributed by atoms with Crippen molar-refractivity contribution in [1.82, 2.24) is 19.8 Å². The van der Waals surface area contributed by atoms with Crippen LogP contribution >= 0.6 is 0 Å². The summed E-state index contributed by atoms with van der Waals surface area (Å²) in [4.78, 5) is 25.1. The van der Waals surface area contributed by atoms with Crippen molar-refractivity contribution in [3.8, 4) is 0 Å². The topological polar surface area (TPSA) is 75.3 Å². The van der Waals surface area contributed by atoms with Crippen molar-refractivity contribution in [1.29, 1.82) is 0 Å². The minimum absolute atomic E-state index is 0.0846. The highest BCUT2D eigenvalue weighted by Gasteiger charge is 2.38. The maximum absolute atomic E-state index is 12.9. The first-order chi connectivity index (χ1) is 11.8. The molecule has 6 nitrogen and oxygen atoms in total. The number of nitrogens with two attached hydrogens (primary N) is 1. The molecule has 0 radical (unpaired) electrons. The first kappa shape index (κ1) is 17.4. The van der Waals surface area contributed by atoms with Gasteiger partial charge in [-0.3, -0.25) is 4.79 Å². The Bertz CT molecular complexity index is 752. The molecule has 1 saturated heterocycles. The quantitative estimate of drug-likeness (QED) is 0.923. The smallest absolute Gasteiger partial charge is 0.272 e. The molecular weight excluding hydrogens is 314 g/mol. The van der Waals surface area contributed by atoms with Gasteiger partial charge in [0.05, 0.1) is 0 Å². The van der Waals surface area contributed by atoms with Gasteiger partial charge in [0.25, 0.3) is 5.91 Å². The molecule has 132 valence electrons. The lowest BCUT2D eigenvalue weighted by Gasteiger charge is -2.25. The number of benzene rings is 1. The molecule has 3 rings (SSSR count). The Kier molecular flexibility index (Phi) is 4.72. The van der Waals surface area contributed by atoms with Crippen LogP contribution in [0.5, 0.6) is 0 Å². The molecular formula is C19H25N5O. The Labute approximate surface area is 148 Å². The van der Waals surface area contributed by atoms with Gasteiger partial charge in [-0.05, 0) is 39.6 Å². The molecule has 0 bridgehead atoms. The summed E-state index contributed by atoms with van der Waals surface area (Å²) in [5.41, 5.74) is 9.27. The van der Waals surface area contributed by atoms with E-state index in [4.69, 9.17) is 5.73 Å². The summed E-state index contributed by atoms with van der Waals surface area (Å²) in [7, 11) is 4.12. The lowest BCUT2D eigenvalue weighted by Crippen LogP contribution is -2.36. The van der Waals surface area contributed by atoms with Crippen LogP contribution in [-0.4, -0.2) is 58.9 Å². The van der Waals surface area contributed by atoms with Crippen LogP contribution < -0.4 is 5.73 Å². The third-order valence-electron chi connectivity index (χ3n) is 4.84. The number of rotatable bonds is 3. The molecule has 6 heteroatoms. The maximum atomic E-state index is 12.9. The van der Waals surface area contributed by atoms with Crippen molar-refractivity contribution in [2.24, 2.45) is 0 Å². The highest BCUT2D eigenvalue weighted by Crippen LogP contribution is 2.31. The number of nitrogen functional groups attached to an aromatic ring is 1. The molecule has 2 aromatic rings. The molecule has 2 atom stereocenters. The number of hydrogen-bond donors (Lipinski definition) is 1. The van der Waals surface area contributed by atoms with Gasteiger partial charge in [-0.2, -0.15) is 0 Å². The van der Waals surface area contributed by atoms with Gasteiger partial charge >= 0.3 is 0 Å². The first-order valence-electron chi connectivity index (χ1n) is 8.48. The number of anilines is 1. The van der Waals surface area contributed by atoms with Crippen molar-refractivity contribution in [2.45, 2.75) is 25.8 Å². The number of carbonyl (C=O) groups is 1. The Morgan fingerprint density at radius 1 is 1.16 bits per heavy atom. The van der Waals surface area contributed by atoms with Gasteiger partial charge in [-0.15, -0.1) is 0 Å². The van der Waals surface area contributed by atoms with Gasteiger partial charge in [0.15, 0.2) is 0 Å². The van der Waals surface area contributed by atoms with Crippen molar-refractivity contribution in [3.05, 3.63) is 52.8 Å². The highest BCUT2D eigenvalue weighted by atomic mass is 16.2. The predicted molar refractivity (Wildman–Crippen MR) is 98.5 cm³/mol. The number of amides is 1. The fraction of sp³-hybridized carbons (Fsp3) is 0.421. The SMILES string of the molecule is Cc1ccc([C@@H]2CN(C(=O)c3cc(C)nc(N)n3)C[C@H]2N(C)C)cc1. The monoisotopic (exact) mass is 339 g/mol. The zero-order chi connectivity index (χ0) is 18.1. The van der Waals surface area contributed by atoms with E-state index in [2.05, 4.69) is 60.2 Å². The lowest BCUT2D eigenvalue weighted by atomic mass is 9.93. The molecule has 1 aliphatic rings. The molecule has 0 saturated carbocycles. The molecule has 25 heavy (non-hydrogen) atoms. The Morgan fingerprint density at radius 2 is 1.84 bits per heavy atom. The number of carbonyl (C=O) groups excluding carboxylic acids is 1. The van der Waals surface area contributed by atoms with Crippen LogP contribution in [0.2, 0.25) is 0 Å². The van der Waals surface area contributed by atoms with Gasteiger partial charge in [-0.1, -0.05) is 29.8 Å². The number of aryl methyl sites for hydroxylation is 2. The van der Waals surface area contributed by atoms with E-state index in [0.717, 1.165) is 0 Å². The van der Waals surface area contributed by atoms with Crippen LogP contribution in [0.25, 0.3) is 0 Å². The van der Waals surface area contributed by atoms with E-state index in [1.54, 1.807) is 6.07 Å². The van der Waals surface area contributed by atoms with Gasteiger partial charge in [-0.25, -0.2) is 9.97 Å². The Hall–Kier alpha value is -2.47. The van der Waals surface area contributed by atoms with E-state index < -0.39 is 0 Å². The second kappa shape index (κ2) is 6.80. The average Bonchev–Trinajstić information content (AvgIpc) is 2.99. The van der Waals surface area contributed by atoms with E-state index in [1.807, 2.05) is 11.8 Å². The van der Waals surface area contributed by atoms with E-state index in [0.29, 0.717) is 24.5 Å². The largest absolute Gasteiger partial charge is 0.368 e. The lowest BCUT2D eigenvalue weighted by molar-refractivity contribution is 0.0776.